The third-order valence-electron chi connectivity index (χ3n) is 3.96. The largest absolute Gasteiger partial charge is 0.478 e. The van der Waals surface area contributed by atoms with E-state index in [4.69, 9.17) is 5.11 Å². The molecule has 1 saturated heterocycles. The van der Waals surface area contributed by atoms with E-state index in [0.29, 0.717) is 6.04 Å². The topological polar surface area (TPSA) is 37.3 Å². The van der Waals surface area contributed by atoms with E-state index >= 15 is 0 Å². The van der Waals surface area contributed by atoms with Crippen LogP contribution >= 0.6 is 0 Å². The molecule has 0 aromatic heterocycles. The number of carbonyl (C=O) groups is 1. The van der Waals surface area contributed by atoms with Gasteiger partial charge in [-0.2, -0.15) is 0 Å². The summed E-state index contributed by atoms with van der Waals surface area (Å²) in [5.41, 5.74) is 0. The molecule has 0 bridgehead atoms. The van der Waals surface area contributed by atoms with Gasteiger partial charge in [-0.1, -0.05) is 6.42 Å². The molecule has 2 rings (SSSR count). The fraction of sp³-hybridized carbons (Fsp3) is 0.750. The molecule has 1 aliphatic carbocycles. The lowest BCUT2D eigenvalue weighted by Crippen LogP contribution is -2.60. The third-order valence-corrected chi connectivity index (χ3v) is 3.96. The van der Waals surface area contributed by atoms with E-state index in [1.54, 1.807) is 0 Å². The van der Waals surface area contributed by atoms with Crippen molar-refractivity contribution in [2.24, 2.45) is 0 Å². The van der Waals surface area contributed by atoms with Crippen molar-refractivity contribution in [3.8, 4) is 0 Å². The molecule has 0 unspecified atom stereocenters. The van der Waals surface area contributed by atoms with E-state index in [2.05, 4.69) is 0 Å². The standard InChI is InChI=1S/C12H19NO2/c14-12(15)7-10-13(8-4-9-13)11-5-2-1-3-6-11/h7,10-11H,1-6,8-9H2/p+1. The lowest BCUT2D eigenvalue weighted by Gasteiger charge is -2.49. The zero-order chi connectivity index (χ0) is 10.7. The Kier molecular flexibility index (Phi) is 3.10. The van der Waals surface area contributed by atoms with Gasteiger partial charge in [0, 0.05) is 6.42 Å². The highest BCUT2D eigenvalue weighted by Crippen LogP contribution is 2.34. The quantitative estimate of drug-likeness (QED) is 0.572. The number of aliphatic carboxylic acids is 1. The number of hydrogen-bond donors (Lipinski definition) is 1. The summed E-state index contributed by atoms with van der Waals surface area (Å²) in [5, 5.41) is 8.70. The van der Waals surface area contributed by atoms with Crippen molar-refractivity contribution < 1.29 is 14.4 Å². The number of carboxylic acids is 1. The van der Waals surface area contributed by atoms with Gasteiger partial charge in [0.1, 0.15) is 6.20 Å². The maximum absolute atomic E-state index is 10.6. The van der Waals surface area contributed by atoms with Crippen molar-refractivity contribution in [2.75, 3.05) is 13.1 Å². The number of carboxylic acid groups (broad SMARTS) is 1. The first-order valence-electron chi connectivity index (χ1n) is 6.02. The highest BCUT2D eigenvalue weighted by molar-refractivity contribution is 5.79. The number of nitrogens with zero attached hydrogens (tertiary/aromatic N) is 1. The van der Waals surface area contributed by atoms with Crippen LogP contribution in [-0.2, 0) is 4.79 Å². The van der Waals surface area contributed by atoms with Gasteiger partial charge in [-0.05, 0) is 25.7 Å². The highest BCUT2D eigenvalue weighted by Gasteiger charge is 2.41. The minimum Gasteiger partial charge on any atom is -0.478 e. The summed E-state index contributed by atoms with van der Waals surface area (Å²) in [7, 11) is 0. The molecule has 84 valence electrons. The average molecular weight is 210 g/mol. The van der Waals surface area contributed by atoms with Crippen molar-refractivity contribution in [1.82, 2.24) is 0 Å². The summed E-state index contributed by atoms with van der Waals surface area (Å²) in [6.07, 6.45) is 11.1. The molecule has 1 saturated carbocycles. The van der Waals surface area contributed by atoms with Gasteiger partial charge in [0.2, 0.25) is 0 Å². The first-order chi connectivity index (χ1) is 7.23. The monoisotopic (exact) mass is 210 g/mol. The number of likely N-dealkylation sites (tertiary alicyclic amines) is 1. The third kappa shape index (κ3) is 2.23. The van der Waals surface area contributed by atoms with Crippen LogP contribution in [0, 0.1) is 0 Å². The molecule has 1 N–H and O–H groups in total. The normalized spacial score (nSPS) is 26.4. The molecule has 0 amide bonds. The van der Waals surface area contributed by atoms with Gasteiger partial charge in [-0.25, -0.2) is 4.79 Å². The SMILES string of the molecule is O=C(O)C=C[N+]1(C2CCCCC2)CCC1. The van der Waals surface area contributed by atoms with Crippen LogP contribution in [0.15, 0.2) is 12.3 Å². The molecule has 3 heteroatoms. The van der Waals surface area contributed by atoms with Crippen LogP contribution in [0.1, 0.15) is 38.5 Å². The van der Waals surface area contributed by atoms with E-state index in [1.807, 2.05) is 6.20 Å². The lowest BCUT2D eigenvalue weighted by atomic mass is 9.89. The molecular weight excluding hydrogens is 190 g/mol. The van der Waals surface area contributed by atoms with Crippen LogP contribution in [0.2, 0.25) is 0 Å². The summed E-state index contributed by atoms with van der Waals surface area (Å²) in [5.74, 6) is -0.810. The van der Waals surface area contributed by atoms with Crippen molar-refractivity contribution >= 4 is 5.97 Å². The van der Waals surface area contributed by atoms with Crippen molar-refractivity contribution in [1.29, 1.82) is 0 Å². The summed E-state index contributed by atoms with van der Waals surface area (Å²) in [4.78, 5) is 10.6. The van der Waals surface area contributed by atoms with Gasteiger partial charge in [0.05, 0.1) is 25.2 Å². The summed E-state index contributed by atoms with van der Waals surface area (Å²) in [6, 6.07) is 0.697. The smallest absolute Gasteiger partial charge is 0.333 e. The number of quaternary nitrogens is 1. The van der Waals surface area contributed by atoms with Gasteiger partial charge in [-0.3, -0.25) is 4.48 Å². The summed E-state index contributed by atoms with van der Waals surface area (Å²) >= 11 is 0. The molecule has 1 aliphatic heterocycles. The summed E-state index contributed by atoms with van der Waals surface area (Å²) < 4.78 is 0.951. The Morgan fingerprint density at radius 1 is 1.13 bits per heavy atom. The summed E-state index contributed by atoms with van der Waals surface area (Å²) in [6.45, 7) is 2.29. The molecule has 0 spiro atoms. The fourth-order valence-corrected chi connectivity index (χ4v) is 2.97. The Balaban J connectivity index is 2.03. The number of rotatable bonds is 3. The molecular formula is C12H20NO2+. The Hall–Kier alpha value is -0.830. The van der Waals surface area contributed by atoms with E-state index in [1.165, 1.54) is 44.6 Å². The van der Waals surface area contributed by atoms with Crippen LogP contribution in [0.4, 0.5) is 0 Å². The van der Waals surface area contributed by atoms with Gasteiger partial charge in [0.15, 0.2) is 0 Å². The molecule has 2 fully saturated rings. The second-order valence-corrected chi connectivity index (χ2v) is 4.85. The molecule has 0 aromatic carbocycles. The van der Waals surface area contributed by atoms with E-state index in [9.17, 15) is 4.79 Å². The molecule has 15 heavy (non-hydrogen) atoms. The van der Waals surface area contributed by atoms with Gasteiger partial charge in [-0.15, -0.1) is 0 Å². The molecule has 1 heterocycles. The predicted octanol–water partition coefficient (Wildman–Crippen LogP) is 2.14. The predicted molar refractivity (Wildman–Crippen MR) is 58.3 cm³/mol. The number of hydrogen-bond acceptors (Lipinski definition) is 1. The zero-order valence-corrected chi connectivity index (χ0v) is 9.19. The van der Waals surface area contributed by atoms with E-state index < -0.39 is 5.97 Å². The molecule has 2 aliphatic rings. The van der Waals surface area contributed by atoms with E-state index in [0.717, 1.165) is 17.6 Å². The zero-order valence-electron chi connectivity index (χ0n) is 9.19. The average Bonchev–Trinajstić information content (AvgIpc) is 2.17. The first-order valence-corrected chi connectivity index (χ1v) is 6.02. The fourth-order valence-electron chi connectivity index (χ4n) is 2.97. The van der Waals surface area contributed by atoms with Gasteiger partial charge >= 0.3 is 5.97 Å². The van der Waals surface area contributed by atoms with Crippen LogP contribution < -0.4 is 0 Å². The minimum absolute atomic E-state index is 0.697. The molecule has 0 radical (unpaired) electrons. The Morgan fingerprint density at radius 2 is 1.80 bits per heavy atom. The Bertz CT molecular complexity index is 263. The maximum atomic E-state index is 10.6. The highest BCUT2D eigenvalue weighted by atomic mass is 16.4. The Labute approximate surface area is 91.0 Å². The van der Waals surface area contributed by atoms with Crippen molar-refractivity contribution in [3.05, 3.63) is 12.3 Å². The second-order valence-electron chi connectivity index (χ2n) is 4.85. The van der Waals surface area contributed by atoms with Crippen LogP contribution in [0.3, 0.4) is 0 Å². The maximum Gasteiger partial charge on any atom is 0.333 e. The van der Waals surface area contributed by atoms with E-state index in [-0.39, 0.29) is 0 Å². The van der Waals surface area contributed by atoms with Gasteiger partial charge < -0.3 is 5.11 Å². The van der Waals surface area contributed by atoms with Crippen LogP contribution in [-0.4, -0.2) is 34.7 Å². The molecule has 3 nitrogen and oxygen atoms in total. The van der Waals surface area contributed by atoms with Crippen LogP contribution in [0.5, 0.6) is 0 Å². The minimum atomic E-state index is -0.810. The molecule has 0 aromatic rings. The molecule has 0 atom stereocenters. The first kappa shape index (κ1) is 10.7. The van der Waals surface area contributed by atoms with Gasteiger partial charge in [0.25, 0.3) is 0 Å². The lowest BCUT2D eigenvalue weighted by molar-refractivity contribution is -0.941. The van der Waals surface area contributed by atoms with Crippen molar-refractivity contribution in [2.45, 2.75) is 44.6 Å². The second kappa shape index (κ2) is 4.35. The van der Waals surface area contributed by atoms with Crippen molar-refractivity contribution in [3.63, 3.8) is 0 Å². The van der Waals surface area contributed by atoms with Crippen LogP contribution in [0.25, 0.3) is 0 Å². The Morgan fingerprint density at radius 3 is 2.27 bits per heavy atom.